The van der Waals surface area contributed by atoms with Crippen LogP contribution in [0.15, 0.2) is 47.7 Å². The molecule has 1 fully saturated rings. The zero-order chi connectivity index (χ0) is 25.0. The van der Waals surface area contributed by atoms with Crippen molar-refractivity contribution in [2.24, 2.45) is 5.10 Å². The predicted molar refractivity (Wildman–Crippen MR) is 128 cm³/mol. The third kappa shape index (κ3) is 5.24. The van der Waals surface area contributed by atoms with Crippen LogP contribution < -0.4 is 20.3 Å². The number of imide groups is 2. The minimum absolute atomic E-state index is 0.000542. The molecule has 0 saturated carbocycles. The average molecular weight is 481 g/mol. The first-order valence-electron chi connectivity index (χ1n) is 11.4. The molecule has 3 N–H and O–H groups in total. The molecule has 4 amide bonds. The Balaban J connectivity index is 1.47. The Hall–Kier alpha value is -3.99. The van der Waals surface area contributed by atoms with Crippen molar-refractivity contribution in [2.45, 2.75) is 44.4 Å². The van der Waals surface area contributed by atoms with Crippen LogP contribution in [-0.2, 0) is 16.1 Å². The smallest absolute Gasteiger partial charge is 0.328 e. The van der Waals surface area contributed by atoms with Crippen LogP contribution >= 0.6 is 0 Å². The first-order valence-corrected chi connectivity index (χ1v) is 11.4. The normalized spacial score (nSPS) is 17.7. The standard InChI is InChI=1S/C24H28N6O5/c1-16(31)10-11-24(21(32)27-23(34)28-22(24)33)29(2)18-6-9-20(25-14-18)35-19-7-4-17(5-8-19)15-30-13-3-12-26-30/h4-9,12,14,16,31H,3,10-11,13,15H2,1-2H3,(H2,27,28,32,33,34). The molecule has 11 nitrogen and oxygen atoms in total. The number of nitrogens with zero attached hydrogens (tertiary/aromatic N) is 4. The van der Waals surface area contributed by atoms with E-state index in [4.69, 9.17) is 4.74 Å². The average Bonchev–Trinajstić information content (AvgIpc) is 3.33. The summed E-state index contributed by atoms with van der Waals surface area (Å²) in [7, 11) is 1.57. The maximum Gasteiger partial charge on any atom is 0.328 e. The zero-order valence-electron chi connectivity index (χ0n) is 19.6. The monoisotopic (exact) mass is 480 g/mol. The van der Waals surface area contributed by atoms with Crippen molar-refractivity contribution >= 4 is 29.7 Å². The summed E-state index contributed by atoms with van der Waals surface area (Å²) >= 11 is 0. The molecule has 1 aromatic carbocycles. The van der Waals surface area contributed by atoms with Gasteiger partial charge in [-0.3, -0.25) is 25.2 Å². The number of aliphatic hydroxyl groups excluding tert-OH is 1. The number of hydrazone groups is 1. The van der Waals surface area contributed by atoms with E-state index in [0.29, 0.717) is 17.3 Å². The summed E-state index contributed by atoms with van der Waals surface area (Å²) in [4.78, 5) is 43.1. The number of barbiturate groups is 1. The number of rotatable bonds is 9. The number of benzene rings is 1. The fourth-order valence-electron chi connectivity index (χ4n) is 4.07. The van der Waals surface area contributed by atoms with Gasteiger partial charge < -0.3 is 14.7 Å². The van der Waals surface area contributed by atoms with Crippen LogP contribution in [-0.4, -0.2) is 64.4 Å². The molecule has 2 aliphatic heterocycles. The van der Waals surface area contributed by atoms with Crippen LogP contribution in [0.1, 0.15) is 31.7 Å². The molecule has 0 bridgehead atoms. The van der Waals surface area contributed by atoms with E-state index in [-0.39, 0.29) is 12.8 Å². The molecule has 1 atom stereocenters. The van der Waals surface area contributed by atoms with Crippen LogP contribution in [0.25, 0.3) is 0 Å². The van der Waals surface area contributed by atoms with Gasteiger partial charge >= 0.3 is 6.03 Å². The van der Waals surface area contributed by atoms with Crippen molar-refractivity contribution in [2.75, 3.05) is 18.5 Å². The van der Waals surface area contributed by atoms with Gasteiger partial charge in [-0.1, -0.05) is 12.1 Å². The van der Waals surface area contributed by atoms with Crippen molar-refractivity contribution in [1.29, 1.82) is 0 Å². The molecule has 0 spiro atoms. The maximum absolute atomic E-state index is 12.8. The largest absolute Gasteiger partial charge is 0.439 e. The lowest BCUT2D eigenvalue weighted by molar-refractivity contribution is -0.138. The van der Waals surface area contributed by atoms with E-state index in [2.05, 4.69) is 20.7 Å². The summed E-state index contributed by atoms with van der Waals surface area (Å²) in [6, 6.07) is 10.1. The van der Waals surface area contributed by atoms with Gasteiger partial charge in [0.1, 0.15) is 5.75 Å². The minimum Gasteiger partial charge on any atom is -0.439 e. The number of likely N-dealkylation sites (N-methyl/N-ethyl adjacent to an activating group) is 1. The molecule has 1 saturated heterocycles. The van der Waals surface area contributed by atoms with Gasteiger partial charge in [-0.15, -0.1) is 0 Å². The van der Waals surface area contributed by atoms with E-state index < -0.39 is 29.5 Å². The second-order valence-electron chi connectivity index (χ2n) is 8.62. The Morgan fingerprint density at radius 1 is 1.14 bits per heavy atom. The van der Waals surface area contributed by atoms with Gasteiger partial charge in [0.2, 0.25) is 5.88 Å². The molecule has 2 aliphatic rings. The van der Waals surface area contributed by atoms with Crippen LogP contribution in [0.3, 0.4) is 0 Å². The lowest BCUT2D eigenvalue weighted by Crippen LogP contribution is -2.73. The van der Waals surface area contributed by atoms with Gasteiger partial charge in [0, 0.05) is 32.3 Å². The summed E-state index contributed by atoms with van der Waals surface area (Å²) in [5, 5.41) is 20.4. The van der Waals surface area contributed by atoms with Gasteiger partial charge in [0.15, 0.2) is 5.54 Å². The van der Waals surface area contributed by atoms with E-state index in [1.165, 1.54) is 11.1 Å². The Morgan fingerprint density at radius 2 is 1.86 bits per heavy atom. The number of amides is 4. The van der Waals surface area contributed by atoms with Gasteiger partial charge in [-0.2, -0.15) is 5.10 Å². The van der Waals surface area contributed by atoms with Crippen molar-refractivity contribution in [3.05, 3.63) is 48.2 Å². The SMILES string of the molecule is CC(O)CCC1(N(C)c2ccc(Oc3ccc(CN4CCC=N4)cc3)nc2)C(=O)NC(=O)NC1=O. The number of anilines is 1. The summed E-state index contributed by atoms with van der Waals surface area (Å²) in [6.07, 6.45) is 3.80. The highest BCUT2D eigenvalue weighted by molar-refractivity contribution is 6.24. The van der Waals surface area contributed by atoms with E-state index in [0.717, 1.165) is 25.1 Å². The highest BCUT2D eigenvalue weighted by Crippen LogP contribution is 2.31. The topological polar surface area (TPSA) is 136 Å². The Kier molecular flexibility index (Phi) is 6.97. The highest BCUT2D eigenvalue weighted by atomic mass is 16.5. The molecule has 3 heterocycles. The van der Waals surface area contributed by atoms with Gasteiger partial charge in [0.25, 0.3) is 11.8 Å². The van der Waals surface area contributed by atoms with E-state index in [9.17, 15) is 19.5 Å². The first-order chi connectivity index (χ1) is 16.8. The number of urea groups is 1. The molecule has 11 heteroatoms. The molecule has 1 unspecified atom stereocenters. The second kappa shape index (κ2) is 10.1. The van der Waals surface area contributed by atoms with E-state index >= 15 is 0 Å². The number of carbonyl (C=O) groups is 3. The van der Waals surface area contributed by atoms with Crippen molar-refractivity contribution < 1.29 is 24.2 Å². The number of aliphatic hydroxyl groups is 1. The molecule has 0 radical (unpaired) electrons. The Morgan fingerprint density at radius 3 is 2.43 bits per heavy atom. The second-order valence-corrected chi connectivity index (χ2v) is 8.62. The minimum atomic E-state index is -1.72. The van der Waals surface area contributed by atoms with Crippen LogP contribution in [0.4, 0.5) is 10.5 Å². The summed E-state index contributed by atoms with van der Waals surface area (Å²) < 4.78 is 5.83. The Bertz CT molecular complexity index is 1100. The number of nitrogens with one attached hydrogen (secondary N) is 2. The van der Waals surface area contributed by atoms with Gasteiger partial charge in [-0.05, 0) is 43.5 Å². The third-order valence-corrected chi connectivity index (χ3v) is 6.08. The Labute approximate surface area is 202 Å². The summed E-state index contributed by atoms with van der Waals surface area (Å²) in [5.41, 5.74) is -0.139. The van der Waals surface area contributed by atoms with Crippen LogP contribution in [0.5, 0.6) is 11.6 Å². The van der Waals surface area contributed by atoms with Crippen LogP contribution in [0, 0.1) is 0 Å². The van der Waals surface area contributed by atoms with E-state index in [1.807, 2.05) is 35.5 Å². The third-order valence-electron chi connectivity index (χ3n) is 6.08. The molecule has 0 aliphatic carbocycles. The number of carbonyl (C=O) groups excluding carboxylic acids is 3. The number of ether oxygens (including phenoxy) is 1. The fourth-order valence-corrected chi connectivity index (χ4v) is 4.07. The highest BCUT2D eigenvalue weighted by Gasteiger charge is 2.53. The number of hydrogen-bond acceptors (Lipinski definition) is 9. The molecule has 2 aromatic rings. The predicted octanol–water partition coefficient (Wildman–Crippen LogP) is 1.77. The van der Waals surface area contributed by atoms with Crippen molar-refractivity contribution in [3.63, 3.8) is 0 Å². The molecule has 184 valence electrons. The number of hydrogen-bond donors (Lipinski definition) is 3. The van der Waals surface area contributed by atoms with Gasteiger partial charge in [0.05, 0.1) is 24.5 Å². The molecule has 35 heavy (non-hydrogen) atoms. The van der Waals surface area contributed by atoms with Crippen LogP contribution in [0.2, 0.25) is 0 Å². The maximum atomic E-state index is 12.8. The van der Waals surface area contributed by atoms with Crippen molar-refractivity contribution in [3.8, 4) is 11.6 Å². The number of pyridine rings is 1. The van der Waals surface area contributed by atoms with Crippen molar-refractivity contribution in [1.82, 2.24) is 20.6 Å². The lowest BCUT2D eigenvalue weighted by Gasteiger charge is -2.42. The number of aromatic nitrogens is 1. The first kappa shape index (κ1) is 24.1. The van der Waals surface area contributed by atoms with Gasteiger partial charge in [-0.25, -0.2) is 9.78 Å². The quantitative estimate of drug-likeness (QED) is 0.462. The van der Waals surface area contributed by atoms with E-state index in [1.54, 1.807) is 26.1 Å². The molecular formula is C24H28N6O5. The molecule has 4 rings (SSSR count). The zero-order valence-corrected chi connectivity index (χ0v) is 19.6. The lowest BCUT2D eigenvalue weighted by atomic mass is 9.86. The molecule has 1 aromatic heterocycles. The fraction of sp³-hybridized carbons (Fsp3) is 0.375. The molecular weight excluding hydrogens is 452 g/mol. The summed E-state index contributed by atoms with van der Waals surface area (Å²) in [5.74, 6) is -0.557. The summed E-state index contributed by atoms with van der Waals surface area (Å²) in [6.45, 7) is 3.22.